The Hall–Kier alpha value is -2.85. The Labute approximate surface area is 194 Å². The van der Waals surface area contributed by atoms with Crippen LogP contribution >= 0.6 is 11.6 Å². The molecule has 2 heterocycles. The number of benzene rings is 2. The van der Waals surface area contributed by atoms with E-state index in [0.717, 1.165) is 45.7 Å². The Bertz CT molecular complexity index is 1180. The van der Waals surface area contributed by atoms with Crippen molar-refractivity contribution in [2.24, 2.45) is 5.92 Å². The zero-order valence-corrected chi connectivity index (χ0v) is 19.8. The molecule has 1 aromatic heterocycles. The summed E-state index contributed by atoms with van der Waals surface area (Å²) in [6, 6.07) is 12.0. The molecule has 0 saturated heterocycles. The fourth-order valence-corrected chi connectivity index (χ4v) is 4.62. The molecule has 0 fully saturated rings. The van der Waals surface area contributed by atoms with Crippen LogP contribution in [0, 0.1) is 12.8 Å². The molecule has 1 aliphatic rings. The molecule has 0 radical (unpaired) electrons. The van der Waals surface area contributed by atoms with Gasteiger partial charge >= 0.3 is 0 Å². The quantitative estimate of drug-likeness (QED) is 0.423. The molecule has 4 rings (SSSR count). The summed E-state index contributed by atoms with van der Waals surface area (Å²) in [6.07, 6.45) is 5.43. The van der Waals surface area contributed by atoms with Crippen LogP contribution in [0.5, 0.6) is 5.75 Å². The maximum absolute atomic E-state index is 13.7. The fraction of sp³-hybridized carbons (Fsp3) is 0.333. The SMILES string of the molecule is C/C=C(/C(=O)[C@@H]1COc2ccc(Cl)cc2C1)c1ccc(-c2cn[nH]c2C)cc1C(C)CC. The first kappa shape index (κ1) is 22.3. The maximum atomic E-state index is 13.7. The van der Waals surface area contributed by atoms with Crippen LogP contribution in [-0.2, 0) is 11.2 Å². The van der Waals surface area contributed by atoms with Gasteiger partial charge in [0.2, 0.25) is 0 Å². The zero-order valence-electron chi connectivity index (χ0n) is 19.0. The molecule has 1 aliphatic heterocycles. The molecule has 0 amide bonds. The molecule has 5 heteroatoms. The minimum atomic E-state index is -0.229. The Kier molecular flexibility index (Phi) is 6.52. The summed E-state index contributed by atoms with van der Waals surface area (Å²) in [5.41, 5.74) is 7.18. The van der Waals surface area contributed by atoms with E-state index in [0.29, 0.717) is 24.0 Å². The third kappa shape index (κ3) is 4.24. The van der Waals surface area contributed by atoms with Crippen LogP contribution in [0.1, 0.15) is 55.5 Å². The second-order valence-corrected chi connectivity index (χ2v) is 8.99. The number of ether oxygens (including phenoxy) is 1. The van der Waals surface area contributed by atoms with Gasteiger partial charge in [-0.2, -0.15) is 5.10 Å². The molecular formula is C27H29ClN2O2. The lowest BCUT2D eigenvalue weighted by Gasteiger charge is -2.26. The van der Waals surface area contributed by atoms with Crippen LogP contribution in [0.3, 0.4) is 0 Å². The summed E-state index contributed by atoms with van der Waals surface area (Å²) in [5.74, 6) is 1.03. The van der Waals surface area contributed by atoms with Gasteiger partial charge in [0.25, 0.3) is 0 Å². The maximum Gasteiger partial charge on any atom is 0.169 e. The minimum absolute atomic E-state index is 0.120. The Balaban J connectivity index is 1.69. The van der Waals surface area contributed by atoms with Gasteiger partial charge in [-0.25, -0.2) is 0 Å². The van der Waals surface area contributed by atoms with Crippen molar-refractivity contribution in [3.8, 4) is 16.9 Å². The van der Waals surface area contributed by atoms with Crippen LogP contribution in [0.15, 0.2) is 48.7 Å². The molecule has 1 N–H and O–H groups in total. The number of nitrogens with zero attached hydrogens (tertiary/aromatic N) is 1. The predicted octanol–water partition coefficient (Wildman–Crippen LogP) is 6.78. The summed E-state index contributed by atoms with van der Waals surface area (Å²) >= 11 is 6.17. The van der Waals surface area contributed by atoms with Crippen molar-refractivity contribution in [3.05, 3.63) is 76.1 Å². The monoisotopic (exact) mass is 448 g/mol. The van der Waals surface area contributed by atoms with Gasteiger partial charge in [0.05, 0.1) is 18.7 Å². The van der Waals surface area contributed by atoms with Crippen molar-refractivity contribution in [2.75, 3.05) is 6.61 Å². The zero-order chi connectivity index (χ0) is 22.8. The fourth-order valence-electron chi connectivity index (χ4n) is 4.43. The highest BCUT2D eigenvalue weighted by atomic mass is 35.5. The third-order valence-electron chi connectivity index (χ3n) is 6.48. The Morgan fingerprint density at radius 1 is 1.31 bits per heavy atom. The highest BCUT2D eigenvalue weighted by molar-refractivity contribution is 6.30. The standard InChI is InChI=1S/C27H29ClN2O2/c1-5-16(3)24-13-18(25-14-29-30-17(25)4)7-9-23(24)22(6-2)27(31)20-11-19-12-21(28)8-10-26(19)32-15-20/h6-10,12-14,16,20H,5,11,15H2,1-4H3,(H,29,30)/b22-6+/t16?,20-/m0/s1. The smallest absolute Gasteiger partial charge is 0.169 e. The Morgan fingerprint density at radius 3 is 2.81 bits per heavy atom. The van der Waals surface area contributed by atoms with Gasteiger partial charge in [-0.05, 0) is 73.1 Å². The van der Waals surface area contributed by atoms with Crippen molar-refractivity contribution >= 4 is 23.0 Å². The van der Waals surface area contributed by atoms with Gasteiger partial charge in [-0.3, -0.25) is 9.89 Å². The molecule has 4 nitrogen and oxygen atoms in total. The van der Waals surface area contributed by atoms with E-state index in [4.69, 9.17) is 16.3 Å². The number of halogens is 1. The second-order valence-electron chi connectivity index (χ2n) is 8.55. The third-order valence-corrected chi connectivity index (χ3v) is 6.71. The first-order chi connectivity index (χ1) is 15.4. The molecule has 1 unspecified atom stereocenters. The summed E-state index contributed by atoms with van der Waals surface area (Å²) in [7, 11) is 0. The molecule has 0 saturated carbocycles. The lowest BCUT2D eigenvalue weighted by atomic mass is 9.82. The van der Waals surface area contributed by atoms with Crippen molar-refractivity contribution in [3.63, 3.8) is 0 Å². The highest BCUT2D eigenvalue weighted by Gasteiger charge is 2.30. The number of aryl methyl sites for hydroxylation is 1. The van der Waals surface area contributed by atoms with Gasteiger partial charge in [-0.1, -0.05) is 49.7 Å². The second kappa shape index (κ2) is 9.33. The van der Waals surface area contributed by atoms with E-state index in [2.05, 4.69) is 42.2 Å². The minimum Gasteiger partial charge on any atom is -0.493 e. The van der Waals surface area contributed by atoms with Crippen LogP contribution in [0.4, 0.5) is 0 Å². The van der Waals surface area contributed by atoms with Gasteiger partial charge in [0, 0.05) is 21.9 Å². The number of Topliss-reactive ketones (excluding diaryl/α,β-unsaturated/α-hetero) is 1. The first-order valence-corrected chi connectivity index (χ1v) is 11.6. The van der Waals surface area contributed by atoms with Crippen molar-refractivity contribution in [2.45, 2.75) is 46.5 Å². The normalized spacial score (nSPS) is 16.9. The topological polar surface area (TPSA) is 55.0 Å². The van der Waals surface area contributed by atoms with Gasteiger partial charge in [0.15, 0.2) is 5.78 Å². The summed E-state index contributed by atoms with van der Waals surface area (Å²) in [6.45, 7) is 8.74. The van der Waals surface area contributed by atoms with Crippen molar-refractivity contribution in [1.29, 1.82) is 0 Å². The lowest BCUT2D eigenvalue weighted by molar-refractivity contribution is -0.118. The number of hydrogen-bond acceptors (Lipinski definition) is 3. The largest absolute Gasteiger partial charge is 0.493 e. The number of fused-ring (bicyclic) bond motifs is 1. The molecule has 0 spiro atoms. The molecule has 32 heavy (non-hydrogen) atoms. The van der Waals surface area contributed by atoms with E-state index in [9.17, 15) is 4.79 Å². The van der Waals surface area contributed by atoms with E-state index in [1.807, 2.05) is 44.3 Å². The van der Waals surface area contributed by atoms with Gasteiger partial charge in [-0.15, -0.1) is 0 Å². The number of aromatic nitrogens is 2. The molecule has 0 bridgehead atoms. The molecule has 3 aromatic rings. The van der Waals surface area contributed by atoms with Crippen LogP contribution in [-0.4, -0.2) is 22.6 Å². The first-order valence-electron chi connectivity index (χ1n) is 11.2. The Morgan fingerprint density at radius 2 is 2.12 bits per heavy atom. The van der Waals surface area contributed by atoms with E-state index in [1.165, 1.54) is 5.56 Å². The number of carbonyl (C=O) groups is 1. The van der Waals surface area contributed by atoms with E-state index in [-0.39, 0.29) is 11.7 Å². The van der Waals surface area contributed by atoms with Gasteiger partial charge in [0.1, 0.15) is 5.75 Å². The molecule has 2 aromatic carbocycles. The van der Waals surface area contributed by atoms with Crippen LogP contribution in [0.2, 0.25) is 5.02 Å². The average molecular weight is 449 g/mol. The lowest BCUT2D eigenvalue weighted by Crippen LogP contribution is -2.29. The van der Waals surface area contributed by atoms with E-state index < -0.39 is 0 Å². The summed E-state index contributed by atoms with van der Waals surface area (Å²) in [5, 5.41) is 7.84. The number of nitrogens with one attached hydrogen (secondary N) is 1. The molecule has 2 atom stereocenters. The number of carbonyl (C=O) groups excluding carboxylic acids is 1. The van der Waals surface area contributed by atoms with Gasteiger partial charge < -0.3 is 4.74 Å². The van der Waals surface area contributed by atoms with Crippen LogP contribution in [0.25, 0.3) is 16.7 Å². The number of aromatic amines is 1. The summed E-state index contributed by atoms with van der Waals surface area (Å²) in [4.78, 5) is 13.7. The number of hydrogen-bond donors (Lipinski definition) is 1. The predicted molar refractivity (Wildman–Crippen MR) is 130 cm³/mol. The van der Waals surface area contributed by atoms with Crippen LogP contribution < -0.4 is 4.74 Å². The number of ketones is 1. The summed E-state index contributed by atoms with van der Waals surface area (Å²) < 4.78 is 5.91. The van der Waals surface area contributed by atoms with E-state index >= 15 is 0 Å². The average Bonchev–Trinajstić information content (AvgIpc) is 3.24. The van der Waals surface area contributed by atoms with E-state index in [1.54, 1.807) is 0 Å². The molecule has 0 aliphatic carbocycles. The molecular weight excluding hydrogens is 420 g/mol. The number of rotatable bonds is 6. The van der Waals surface area contributed by atoms with Crippen molar-refractivity contribution in [1.82, 2.24) is 10.2 Å². The van der Waals surface area contributed by atoms with Crippen molar-refractivity contribution < 1.29 is 9.53 Å². The highest BCUT2D eigenvalue weighted by Crippen LogP contribution is 2.36. The molecule has 166 valence electrons. The number of allylic oxidation sites excluding steroid dienone is 2. The number of H-pyrrole nitrogens is 1.